The van der Waals surface area contributed by atoms with Crippen molar-refractivity contribution in [3.8, 4) is 0 Å². The second kappa shape index (κ2) is 9.61. The third-order valence-electron chi connectivity index (χ3n) is 4.23. The molecule has 1 aromatic heterocycles. The molecule has 1 saturated heterocycles. The van der Waals surface area contributed by atoms with E-state index in [0.717, 1.165) is 25.3 Å². The SMILES string of the molecule is CC1CN(Cc2csc(NC(=O)CCCNC(=O)C(C)(C)C)n2)CC(C)O1. The molecule has 0 bridgehead atoms. The second-order valence-corrected chi connectivity index (χ2v) is 9.11. The summed E-state index contributed by atoms with van der Waals surface area (Å²) in [5.74, 6) is -0.0752. The molecule has 0 aromatic carbocycles. The van der Waals surface area contributed by atoms with E-state index in [9.17, 15) is 9.59 Å². The minimum absolute atomic E-state index is 0.000720. The summed E-state index contributed by atoms with van der Waals surface area (Å²) in [5, 5.41) is 8.32. The Morgan fingerprint density at radius 1 is 1.30 bits per heavy atom. The van der Waals surface area contributed by atoms with Gasteiger partial charge in [0, 0.05) is 43.4 Å². The smallest absolute Gasteiger partial charge is 0.226 e. The van der Waals surface area contributed by atoms with E-state index in [0.29, 0.717) is 24.5 Å². The molecule has 1 aliphatic rings. The largest absolute Gasteiger partial charge is 0.373 e. The van der Waals surface area contributed by atoms with E-state index >= 15 is 0 Å². The van der Waals surface area contributed by atoms with Gasteiger partial charge < -0.3 is 15.4 Å². The minimum atomic E-state index is -0.407. The number of thiazole rings is 1. The summed E-state index contributed by atoms with van der Waals surface area (Å²) in [6, 6.07) is 0. The first-order valence-corrected chi connectivity index (χ1v) is 10.4. The van der Waals surface area contributed by atoms with Gasteiger partial charge in [0.25, 0.3) is 0 Å². The molecule has 2 unspecified atom stereocenters. The first-order chi connectivity index (χ1) is 12.6. The van der Waals surface area contributed by atoms with E-state index < -0.39 is 5.41 Å². The molecule has 0 spiro atoms. The Hall–Kier alpha value is -1.51. The van der Waals surface area contributed by atoms with E-state index in [4.69, 9.17) is 4.74 Å². The number of morpholine rings is 1. The van der Waals surface area contributed by atoms with E-state index in [1.165, 1.54) is 11.3 Å². The molecule has 2 N–H and O–H groups in total. The highest BCUT2D eigenvalue weighted by molar-refractivity contribution is 7.13. The highest BCUT2D eigenvalue weighted by Crippen LogP contribution is 2.19. The standard InChI is InChI=1S/C19H32N4O3S/c1-13-9-23(10-14(2)26-13)11-15-12-27-18(21-15)22-16(24)7-6-8-20-17(25)19(3,4)5/h12-14H,6-11H2,1-5H3,(H,20,25)(H,21,22,24). The van der Waals surface area contributed by atoms with Gasteiger partial charge in [-0.15, -0.1) is 11.3 Å². The zero-order chi connectivity index (χ0) is 20.0. The number of nitrogens with zero attached hydrogens (tertiary/aromatic N) is 2. The van der Waals surface area contributed by atoms with E-state index in [1.54, 1.807) is 0 Å². The van der Waals surface area contributed by atoms with E-state index in [-0.39, 0.29) is 24.0 Å². The first-order valence-electron chi connectivity index (χ1n) is 9.54. The van der Waals surface area contributed by atoms with Crippen LogP contribution in [0.25, 0.3) is 0 Å². The van der Waals surface area contributed by atoms with Crippen LogP contribution in [0.4, 0.5) is 5.13 Å². The van der Waals surface area contributed by atoms with Crippen molar-refractivity contribution in [3.05, 3.63) is 11.1 Å². The Balaban J connectivity index is 1.70. The molecular formula is C19H32N4O3S. The van der Waals surface area contributed by atoms with Gasteiger partial charge in [-0.2, -0.15) is 0 Å². The van der Waals surface area contributed by atoms with Crippen molar-refractivity contribution in [1.82, 2.24) is 15.2 Å². The van der Waals surface area contributed by atoms with Crippen LogP contribution in [0.15, 0.2) is 5.38 Å². The van der Waals surface area contributed by atoms with E-state index in [1.807, 2.05) is 26.2 Å². The molecule has 0 saturated carbocycles. The van der Waals surface area contributed by atoms with Gasteiger partial charge >= 0.3 is 0 Å². The molecule has 27 heavy (non-hydrogen) atoms. The third-order valence-corrected chi connectivity index (χ3v) is 5.03. The number of ether oxygens (including phenoxy) is 1. The summed E-state index contributed by atoms with van der Waals surface area (Å²) in [4.78, 5) is 30.7. The van der Waals surface area contributed by atoms with Crippen LogP contribution in [-0.4, -0.2) is 53.5 Å². The highest BCUT2D eigenvalue weighted by Gasteiger charge is 2.23. The van der Waals surface area contributed by atoms with Crippen LogP contribution in [-0.2, 0) is 20.9 Å². The van der Waals surface area contributed by atoms with Crippen LogP contribution >= 0.6 is 11.3 Å². The maximum Gasteiger partial charge on any atom is 0.226 e. The minimum Gasteiger partial charge on any atom is -0.373 e. The lowest BCUT2D eigenvalue weighted by atomic mass is 9.96. The maximum absolute atomic E-state index is 12.1. The molecule has 7 nitrogen and oxygen atoms in total. The second-order valence-electron chi connectivity index (χ2n) is 8.25. The number of hydrogen-bond donors (Lipinski definition) is 2. The van der Waals surface area contributed by atoms with Crippen molar-refractivity contribution in [3.63, 3.8) is 0 Å². The fraction of sp³-hybridized carbons (Fsp3) is 0.737. The summed E-state index contributed by atoms with van der Waals surface area (Å²) < 4.78 is 5.75. The van der Waals surface area contributed by atoms with Gasteiger partial charge in [0.2, 0.25) is 11.8 Å². The molecule has 2 atom stereocenters. The van der Waals surface area contributed by atoms with Gasteiger partial charge in [0.15, 0.2) is 5.13 Å². The topological polar surface area (TPSA) is 83.6 Å². The van der Waals surface area contributed by atoms with E-state index in [2.05, 4.69) is 34.4 Å². The predicted molar refractivity (Wildman–Crippen MR) is 108 cm³/mol. The normalized spacial score (nSPS) is 21.1. The number of amides is 2. The average Bonchev–Trinajstić information content (AvgIpc) is 2.96. The molecule has 2 heterocycles. The maximum atomic E-state index is 12.1. The van der Waals surface area contributed by atoms with Crippen molar-refractivity contribution in [2.45, 2.75) is 66.2 Å². The Bertz CT molecular complexity index is 631. The molecule has 2 rings (SSSR count). The van der Waals surface area contributed by atoms with Crippen LogP contribution in [0.3, 0.4) is 0 Å². The summed E-state index contributed by atoms with van der Waals surface area (Å²) in [5.41, 5.74) is 0.560. The zero-order valence-corrected chi connectivity index (χ0v) is 17.8. The lowest BCUT2D eigenvalue weighted by molar-refractivity contribution is -0.128. The Labute approximate surface area is 165 Å². The lowest BCUT2D eigenvalue weighted by Crippen LogP contribution is -2.44. The van der Waals surface area contributed by atoms with Crippen molar-refractivity contribution in [2.75, 3.05) is 25.0 Å². The fourth-order valence-corrected chi connectivity index (χ4v) is 3.70. The van der Waals surface area contributed by atoms with Crippen molar-refractivity contribution < 1.29 is 14.3 Å². The summed E-state index contributed by atoms with van der Waals surface area (Å²) >= 11 is 1.44. The third kappa shape index (κ3) is 7.56. The molecule has 0 aliphatic carbocycles. The molecule has 0 radical (unpaired) electrons. The number of carbonyl (C=O) groups excluding carboxylic acids is 2. The van der Waals surface area contributed by atoms with Crippen molar-refractivity contribution >= 4 is 28.3 Å². The van der Waals surface area contributed by atoms with Crippen LogP contribution in [0.5, 0.6) is 0 Å². The first kappa shape index (κ1) is 21.8. The highest BCUT2D eigenvalue weighted by atomic mass is 32.1. The molecule has 8 heteroatoms. The van der Waals surface area contributed by atoms with Crippen molar-refractivity contribution in [2.24, 2.45) is 5.41 Å². The van der Waals surface area contributed by atoms with Crippen molar-refractivity contribution in [1.29, 1.82) is 0 Å². The van der Waals surface area contributed by atoms with Gasteiger partial charge in [-0.3, -0.25) is 14.5 Å². The summed E-state index contributed by atoms with van der Waals surface area (Å²) in [6.45, 7) is 12.8. The quantitative estimate of drug-likeness (QED) is 0.692. The number of aromatic nitrogens is 1. The van der Waals surface area contributed by atoms with Crippen LogP contribution < -0.4 is 10.6 Å². The van der Waals surface area contributed by atoms with Gasteiger partial charge in [0.05, 0.1) is 17.9 Å². The summed E-state index contributed by atoms with van der Waals surface area (Å²) in [6.07, 6.45) is 1.42. The average molecular weight is 397 g/mol. The number of anilines is 1. The van der Waals surface area contributed by atoms with Crippen LogP contribution in [0.2, 0.25) is 0 Å². The number of nitrogens with one attached hydrogen (secondary N) is 2. The monoisotopic (exact) mass is 396 g/mol. The van der Waals surface area contributed by atoms with Crippen LogP contribution in [0.1, 0.15) is 53.2 Å². The predicted octanol–water partition coefficient (Wildman–Crippen LogP) is 2.63. The molecule has 1 aliphatic heterocycles. The van der Waals surface area contributed by atoms with Gasteiger partial charge in [-0.25, -0.2) is 4.98 Å². The molecule has 1 fully saturated rings. The lowest BCUT2D eigenvalue weighted by Gasteiger charge is -2.34. The number of hydrogen-bond acceptors (Lipinski definition) is 6. The zero-order valence-electron chi connectivity index (χ0n) is 17.0. The summed E-state index contributed by atoms with van der Waals surface area (Å²) in [7, 11) is 0. The Morgan fingerprint density at radius 3 is 2.59 bits per heavy atom. The van der Waals surface area contributed by atoms with Crippen LogP contribution in [0, 0.1) is 5.41 Å². The number of carbonyl (C=O) groups is 2. The molecule has 2 amide bonds. The molecule has 152 valence electrons. The Kier molecular flexibility index (Phi) is 7.76. The molecule has 1 aromatic rings. The number of rotatable bonds is 7. The molecular weight excluding hydrogens is 364 g/mol. The van der Waals surface area contributed by atoms with Gasteiger partial charge in [-0.05, 0) is 20.3 Å². The Morgan fingerprint density at radius 2 is 1.96 bits per heavy atom. The van der Waals surface area contributed by atoms with Gasteiger partial charge in [-0.1, -0.05) is 20.8 Å². The van der Waals surface area contributed by atoms with Gasteiger partial charge in [0.1, 0.15) is 0 Å². The fourth-order valence-electron chi connectivity index (χ4n) is 2.98.